The average Bonchev–Trinajstić information content (AvgIpc) is 2.33. The van der Waals surface area contributed by atoms with Gasteiger partial charge in [0.05, 0.1) is 6.54 Å². The molecule has 0 aromatic heterocycles. The van der Waals surface area contributed by atoms with Gasteiger partial charge in [0.25, 0.3) is 0 Å². The monoisotopic (exact) mass is 288 g/mol. The lowest BCUT2D eigenvalue weighted by molar-refractivity contribution is 0.0104. The average molecular weight is 288 g/mol. The van der Waals surface area contributed by atoms with Crippen LogP contribution in [-0.4, -0.2) is 62.0 Å². The number of hydrogen-bond donors (Lipinski definition) is 2. The number of nitrogens with one attached hydrogen (secondary N) is 2. The summed E-state index contributed by atoms with van der Waals surface area (Å²) in [6, 6.07) is -0.183. The Labute approximate surface area is 119 Å². The number of guanidine groups is 1. The molecule has 0 spiro atoms. The van der Waals surface area contributed by atoms with Crippen molar-refractivity contribution >= 4 is 12.1 Å². The third-order valence-electron chi connectivity index (χ3n) is 2.85. The van der Waals surface area contributed by atoms with Gasteiger partial charge in [-0.3, -0.25) is 4.99 Å². The van der Waals surface area contributed by atoms with E-state index >= 15 is 0 Å². The summed E-state index contributed by atoms with van der Waals surface area (Å²) in [7, 11) is 3.37. The molecule has 20 heavy (non-hydrogen) atoms. The number of amides is 1. The smallest absolute Gasteiger partial charge is 0.410 e. The molecule has 1 aliphatic heterocycles. The molecule has 0 aromatic rings. The van der Waals surface area contributed by atoms with Crippen molar-refractivity contribution in [3.05, 3.63) is 0 Å². The molecule has 0 bridgehead atoms. The van der Waals surface area contributed by atoms with Crippen LogP contribution in [0.2, 0.25) is 0 Å². The summed E-state index contributed by atoms with van der Waals surface area (Å²) in [6.45, 7) is 5.85. The first kappa shape index (κ1) is 16.5. The Morgan fingerprint density at radius 2 is 2.05 bits per heavy atom. The Morgan fingerprint density at radius 3 is 2.55 bits per heavy atom. The van der Waals surface area contributed by atoms with Gasteiger partial charge in [-0.15, -0.1) is 0 Å². The Kier molecular flexibility index (Phi) is 5.59. The Morgan fingerprint density at radius 1 is 1.40 bits per heavy atom. The summed E-state index contributed by atoms with van der Waals surface area (Å²) >= 11 is 0. The standard InChI is InChI=1S/C13H25FN4O2/c1-13(2,3)20-12(19)18-7-9(14)6-10(8-18)17-11(15-4)16-5/h9-10H,6-8H2,1-5H3,(H2,15,16,17)/t9-,10-/m0/s1. The molecule has 1 rings (SSSR count). The van der Waals surface area contributed by atoms with Crippen molar-refractivity contribution in [3.8, 4) is 0 Å². The van der Waals surface area contributed by atoms with E-state index in [4.69, 9.17) is 4.74 Å². The van der Waals surface area contributed by atoms with E-state index in [2.05, 4.69) is 15.6 Å². The molecule has 0 aromatic carbocycles. The van der Waals surface area contributed by atoms with Gasteiger partial charge in [-0.05, 0) is 20.8 Å². The number of carbonyl (C=O) groups is 1. The molecule has 6 nitrogen and oxygen atoms in total. The molecular weight excluding hydrogens is 263 g/mol. The van der Waals surface area contributed by atoms with Crippen molar-refractivity contribution in [1.82, 2.24) is 15.5 Å². The minimum Gasteiger partial charge on any atom is -0.444 e. The first-order chi connectivity index (χ1) is 9.25. The number of nitrogens with zero attached hydrogens (tertiary/aromatic N) is 2. The van der Waals surface area contributed by atoms with Crippen LogP contribution in [0.1, 0.15) is 27.2 Å². The molecule has 1 heterocycles. The first-order valence-corrected chi connectivity index (χ1v) is 6.78. The van der Waals surface area contributed by atoms with Gasteiger partial charge in [-0.1, -0.05) is 0 Å². The van der Waals surface area contributed by atoms with Gasteiger partial charge in [0, 0.05) is 33.1 Å². The number of carbonyl (C=O) groups excluding carboxylic acids is 1. The van der Waals surface area contributed by atoms with Gasteiger partial charge in [0.2, 0.25) is 0 Å². The van der Waals surface area contributed by atoms with Crippen molar-refractivity contribution in [2.24, 2.45) is 4.99 Å². The summed E-state index contributed by atoms with van der Waals surface area (Å²) < 4.78 is 19.1. The SMILES string of the molecule is C/N=C(\NC)N[C@H]1C[C@H](F)CN(C(=O)OC(C)(C)C)C1. The lowest BCUT2D eigenvalue weighted by atomic mass is 10.0. The van der Waals surface area contributed by atoms with Crippen LogP contribution in [0.25, 0.3) is 0 Å². The van der Waals surface area contributed by atoms with E-state index in [1.165, 1.54) is 4.90 Å². The van der Waals surface area contributed by atoms with Gasteiger partial charge >= 0.3 is 6.09 Å². The molecule has 1 fully saturated rings. The predicted molar refractivity (Wildman–Crippen MR) is 76.7 cm³/mol. The summed E-state index contributed by atoms with van der Waals surface area (Å²) in [6.07, 6.45) is -1.20. The van der Waals surface area contributed by atoms with Crippen molar-refractivity contribution in [3.63, 3.8) is 0 Å². The Balaban J connectivity index is 2.64. The van der Waals surface area contributed by atoms with E-state index in [0.29, 0.717) is 18.9 Å². The second-order valence-corrected chi connectivity index (χ2v) is 5.88. The van der Waals surface area contributed by atoms with E-state index in [0.717, 1.165) is 0 Å². The number of ether oxygens (including phenoxy) is 1. The number of aliphatic imine (C=N–C) groups is 1. The number of piperidine rings is 1. The molecule has 0 aliphatic carbocycles. The maximum Gasteiger partial charge on any atom is 0.410 e. The van der Waals surface area contributed by atoms with Crippen molar-refractivity contribution < 1.29 is 13.9 Å². The van der Waals surface area contributed by atoms with Crippen LogP contribution < -0.4 is 10.6 Å². The summed E-state index contributed by atoms with van der Waals surface area (Å²) in [5.41, 5.74) is -0.579. The number of rotatable bonds is 1. The number of halogens is 1. The van der Waals surface area contributed by atoms with Crippen LogP contribution in [0.4, 0.5) is 9.18 Å². The van der Waals surface area contributed by atoms with E-state index in [1.54, 1.807) is 34.9 Å². The lowest BCUT2D eigenvalue weighted by Crippen LogP contribution is -2.55. The van der Waals surface area contributed by atoms with Gasteiger partial charge in [-0.2, -0.15) is 0 Å². The fraction of sp³-hybridized carbons (Fsp3) is 0.846. The van der Waals surface area contributed by atoms with Crippen LogP contribution in [0.15, 0.2) is 4.99 Å². The second kappa shape index (κ2) is 6.76. The van der Waals surface area contributed by atoms with Crippen LogP contribution >= 0.6 is 0 Å². The highest BCUT2D eigenvalue weighted by molar-refractivity contribution is 5.79. The molecule has 116 valence electrons. The van der Waals surface area contributed by atoms with Crippen molar-refractivity contribution in [2.45, 2.75) is 45.0 Å². The normalized spacial score (nSPS) is 24.3. The summed E-state index contributed by atoms with van der Waals surface area (Å²) in [5.74, 6) is 0.577. The zero-order valence-electron chi connectivity index (χ0n) is 12.9. The second-order valence-electron chi connectivity index (χ2n) is 5.88. The highest BCUT2D eigenvalue weighted by atomic mass is 19.1. The third kappa shape index (κ3) is 5.22. The topological polar surface area (TPSA) is 66.0 Å². The molecule has 1 saturated heterocycles. The maximum absolute atomic E-state index is 13.8. The number of hydrogen-bond acceptors (Lipinski definition) is 3. The van der Waals surface area contributed by atoms with Crippen molar-refractivity contribution in [2.75, 3.05) is 27.2 Å². The lowest BCUT2D eigenvalue weighted by Gasteiger charge is -2.36. The predicted octanol–water partition coefficient (Wildman–Crippen LogP) is 1.13. The zero-order chi connectivity index (χ0) is 15.3. The largest absolute Gasteiger partial charge is 0.444 e. The van der Waals surface area contributed by atoms with Crippen LogP contribution in [0, 0.1) is 0 Å². The first-order valence-electron chi connectivity index (χ1n) is 6.78. The molecule has 1 aliphatic rings. The van der Waals surface area contributed by atoms with Crippen LogP contribution in [0.3, 0.4) is 0 Å². The fourth-order valence-corrected chi connectivity index (χ4v) is 2.06. The van der Waals surface area contributed by atoms with E-state index in [9.17, 15) is 9.18 Å². The van der Waals surface area contributed by atoms with Crippen LogP contribution in [-0.2, 0) is 4.74 Å². The van der Waals surface area contributed by atoms with E-state index < -0.39 is 17.9 Å². The van der Waals surface area contributed by atoms with Gasteiger partial charge in [0.15, 0.2) is 5.96 Å². The molecule has 0 saturated carbocycles. The molecule has 2 atom stereocenters. The highest BCUT2D eigenvalue weighted by Gasteiger charge is 2.32. The Bertz CT molecular complexity index is 368. The molecular formula is C13H25FN4O2. The minimum absolute atomic E-state index is 0.0747. The van der Waals surface area contributed by atoms with Gasteiger partial charge in [0.1, 0.15) is 11.8 Å². The zero-order valence-corrected chi connectivity index (χ0v) is 12.9. The third-order valence-corrected chi connectivity index (χ3v) is 2.85. The van der Waals surface area contributed by atoms with Gasteiger partial charge in [-0.25, -0.2) is 9.18 Å². The minimum atomic E-state index is -1.07. The number of alkyl halides is 1. The molecule has 0 unspecified atom stereocenters. The quantitative estimate of drug-likeness (QED) is 0.561. The molecule has 2 N–H and O–H groups in total. The molecule has 0 radical (unpaired) electrons. The molecule has 7 heteroatoms. The Hall–Kier alpha value is -1.53. The number of likely N-dealkylation sites (tertiary alicyclic amines) is 1. The summed E-state index contributed by atoms with van der Waals surface area (Å²) in [5, 5.41) is 5.96. The summed E-state index contributed by atoms with van der Waals surface area (Å²) in [4.78, 5) is 17.4. The van der Waals surface area contributed by atoms with E-state index in [-0.39, 0.29) is 12.6 Å². The van der Waals surface area contributed by atoms with Crippen molar-refractivity contribution in [1.29, 1.82) is 0 Å². The van der Waals surface area contributed by atoms with E-state index in [1.807, 2.05) is 0 Å². The maximum atomic E-state index is 13.8. The van der Waals surface area contributed by atoms with Gasteiger partial charge < -0.3 is 20.3 Å². The fourth-order valence-electron chi connectivity index (χ4n) is 2.06. The molecule has 1 amide bonds. The van der Waals surface area contributed by atoms with Crippen LogP contribution in [0.5, 0.6) is 0 Å². The highest BCUT2D eigenvalue weighted by Crippen LogP contribution is 2.17.